The Morgan fingerprint density at radius 1 is 1.56 bits per heavy atom. The quantitative estimate of drug-likeness (QED) is 0.875. The van der Waals surface area contributed by atoms with Crippen LogP contribution < -0.4 is 5.73 Å². The first-order valence-corrected chi connectivity index (χ1v) is 6.44. The van der Waals surface area contributed by atoms with Crippen LogP contribution in [0.15, 0.2) is 10.7 Å². The molecule has 0 radical (unpaired) electrons. The third kappa shape index (κ3) is 2.84. The highest BCUT2D eigenvalue weighted by Crippen LogP contribution is 2.26. The molecule has 0 bridgehead atoms. The molecule has 0 saturated carbocycles. The van der Waals surface area contributed by atoms with Gasteiger partial charge in [0.1, 0.15) is 0 Å². The van der Waals surface area contributed by atoms with Crippen molar-refractivity contribution in [3.63, 3.8) is 0 Å². The van der Waals surface area contributed by atoms with Gasteiger partial charge in [-0.15, -0.1) is 0 Å². The Labute approximate surface area is 105 Å². The van der Waals surface area contributed by atoms with Gasteiger partial charge in [-0.3, -0.25) is 4.68 Å². The molecule has 2 N–H and O–H groups in total. The minimum atomic E-state index is -0.137. The first-order valence-electron chi connectivity index (χ1n) is 5.65. The van der Waals surface area contributed by atoms with E-state index < -0.39 is 0 Å². The first-order chi connectivity index (χ1) is 7.65. The van der Waals surface area contributed by atoms with Gasteiger partial charge in [-0.2, -0.15) is 5.10 Å². The number of halogens is 1. The summed E-state index contributed by atoms with van der Waals surface area (Å²) in [4.78, 5) is 0. The summed E-state index contributed by atoms with van der Waals surface area (Å²) in [6, 6.07) is -0.137. The number of hydrogen-bond acceptors (Lipinski definition) is 3. The molecule has 16 heavy (non-hydrogen) atoms. The van der Waals surface area contributed by atoms with Crippen LogP contribution in [0.4, 0.5) is 0 Å². The topological polar surface area (TPSA) is 53.1 Å². The molecule has 0 aliphatic heterocycles. The SMILES string of the molecule is CCCC(OC)C(N)c1c(Br)cnn1CC. The smallest absolute Gasteiger partial charge is 0.0779 e. The number of aryl methyl sites for hydroxylation is 1. The lowest BCUT2D eigenvalue weighted by Crippen LogP contribution is -2.30. The van der Waals surface area contributed by atoms with Gasteiger partial charge < -0.3 is 10.5 Å². The van der Waals surface area contributed by atoms with Gasteiger partial charge in [0.15, 0.2) is 0 Å². The van der Waals surface area contributed by atoms with E-state index in [2.05, 4.69) is 34.9 Å². The van der Waals surface area contributed by atoms with Gasteiger partial charge in [-0.25, -0.2) is 0 Å². The molecule has 5 heteroatoms. The van der Waals surface area contributed by atoms with Crippen LogP contribution in [0.25, 0.3) is 0 Å². The Kier molecular flexibility index (Phi) is 5.44. The van der Waals surface area contributed by atoms with Crippen LogP contribution in [-0.2, 0) is 11.3 Å². The lowest BCUT2D eigenvalue weighted by molar-refractivity contribution is 0.0698. The zero-order valence-corrected chi connectivity index (χ0v) is 11.7. The molecule has 0 aliphatic carbocycles. The van der Waals surface area contributed by atoms with Crippen molar-refractivity contribution in [1.82, 2.24) is 9.78 Å². The fraction of sp³-hybridized carbons (Fsp3) is 0.727. The van der Waals surface area contributed by atoms with E-state index in [1.54, 1.807) is 13.3 Å². The highest BCUT2D eigenvalue weighted by molar-refractivity contribution is 9.10. The Hall–Kier alpha value is -0.390. The van der Waals surface area contributed by atoms with Crippen LogP contribution in [0.3, 0.4) is 0 Å². The molecule has 0 amide bonds. The molecule has 4 nitrogen and oxygen atoms in total. The monoisotopic (exact) mass is 289 g/mol. The number of nitrogens with two attached hydrogens (primary N) is 1. The zero-order chi connectivity index (χ0) is 12.1. The van der Waals surface area contributed by atoms with E-state index in [0.29, 0.717) is 0 Å². The number of nitrogens with zero attached hydrogens (tertiary/aromatic N) is 2. The van der Waals surface area contributed by atoms with E-state index in [0.717, 1.165) is 29.6 Å². The molecule has 0 aliphatic rings. The predicted octanol–water partition coefficient (Wildman–Crippen LogP) is 2.48. The molecule has 0 fully saturated rings. The van der Waals surface area contributed by atoms with Crippen molar-refractivity contribution >= 4 is 15.9 Å². The van der Waals surface area contributed by atoms with Crippen molar-refractivity contribution in [2.75, 3.05) is 7.11 Å². The molecular weight excluding hydrogens is 270 g/mol. The number of methoxy groups -OCH3 is 1. The lowest BCUT2D eigenvalue weighted by atomic mass is 10.0. The molecule has 1 aromatic rings. The van der Waals surface area contributed by atoms with E-state index in [9.17, 15) is 0 Å². The molecule has 1 aromatic heterocycles. The van der Waals surface area contributed by atoms with Gasteiger partial charge in [-0.05, 0) is 29.3 Å². The standard InChI is InChI=1S/C11H20BrN3O/c1-4-6-9(16-3)10(13)11-8(12)7-14-15(11)5-2/h7,9-10H,4-6,13H2,1-3H3. The first kappa shape index (κ1) is 13.7. The Morgan fingerprint density at radius 3 is 2.75 bits per heavy atom. The summed E-state index contributed by atoms with van der Waals surface area (Å²) in [6.07, 6.45) is 3.85. The molecule has 92 valence electrons. The van der Waals surface area contributed by atoms with Crippen molar-refractivity contribution < 1.29 is 4.74 Å². The molecule has 2 unspecified atom stereocenters. The van der Waals surface area contributed by atoms with Crippen LogP contribution in [0.2, 0.25) is 0 Å². The molecule has 0 aromatic carbocycles. The normalized spacial score (nSPS) is 15.1. The fourth-order valence-electron chi connectivity index (χ4n) is 1.86. The maximum absolute atomic E-state index is 6.24. The van der Waals surface area contributed by atoms with Gasteiger partial charge >= 0.3 is 0 Å². The van der Waals surface area contributed by atoms with Gasteiger partial charge in [0.25, 0.3) is 0 Å². The van der Waals surface area contributed by atoms with Crippen molar-refractivity contribution in [2.45, 2.75) is 45.4 Å². The molecular formula is C11H20BrN3O. The summed E-state index contributed by atoms with van der Waals surface area (Å²) in [7, 11) is 1.71. The summed E-state index contributed by atoms with van der Waals surface area (Å²) in [6.45, 7) is 5.00. The highest BCUT2D eigenvalue weighted by Gasteiger charge is 2.24. The summed E-state index contributed by atoms with van der Waals surface area (Å²) < 4.78 is 8.32. The zero-order valence-electron chi connectivity index (χ0n) is 10.1. The summed E-state index contributed by atoms with van der Waals surface area (Å²) in [5.41, 5.74) is 7.26. The molecule has 2 atom stereocenters. The third-order valence-corrected chi connectivity index (χ3v) is 3.34. The second-order valence-corrected chi connectivity index (χ2v) is 4.64. The Morgan fingerprint density at radius 2 is 2.25 bits per heavy atom. The number of aromatic nitrogens is 2. The molecule has 1 rings (SSSR count). The van der Waals surface area contributed by atoms with Gasteiger partial charge in [-0.1, -0.05) is 13.3 Å². The number of rotatable bonds is 6. The molecule has 0 spiro atoms. The van der Waals surface area contributed by atoms with Crippen LogP contribution in [-0.4, -0.2) is 23.0 Å². The van der Waals surface area contributed by atoms with Gasteiger partial charge in [0.05, 0.1) is 28.5 Å². The maximum atomic E-state index is 6.24. The Balaban J connectivity index is 2.92. The van der Waals surface area contributed by atoms with E-state index in [-0.39, 0.29) is 12.1 Å². The summed E-state index contributed by atoms with van der Waals surface area (Å²) in [5.74, 6) is 0. The summed E-state index contributed by atoms with van der Waals surface area (Å²) in [5, 5.41) is 4.27. The molecule has 1 heterocycles. The van der Waals surface area contributed by atoms with E-state index in [1.165, 1.54) is 0 Å². The van der Waals surface area contributed by atoms with Gasteiger partial charge in [0.2, 0.25) is 0 Å². The van der Waals surface area contributed by atoms with Gasteiger partial charge in [0, 0.05) is 13.7 Å². The molecule has 0 saturated heterocycles. The van der Waals surface area contributed by atoms with Crippen LogP contribution in [0.1, 0.15) is 38.4 Å². The van der Waals surface area contributed by atoms with Crippen molar-refractivity contribution in [2.24, 2.45) is 5.73 Å². The Bertz CT molecular complexity index is 327. The highest BCUT2D eigenvalue weighted by atomic mass is 79.9. The maximum Gasteiger partial charge on any atom is 0.0779 e. The fourth-order valence-corrected chi connectivity index (χ4v) is 2.42. The minimum absolute atomic E-state index is 0.0447. The minimum Gasteiger partial charge on any atom is -0.379 e. The summed E-state index contributed by atoms with van der Waals surface area (Å²) >= 11 is 3.49. The average molecular weight is 290 g/mol. The second-order valence-electron chi connectivity index (χ2n) is 3.78. The van der Waals surface area contributed by atoms with E-state index >= 15 is 0 Å². The van der Waals surface area contributed by atoms with E-state index in [1.807, 2.05) is 4.68 Å². The van der Waals surface area contributed by atoms with E-state index in [4.69, 9.17) is 10.5 Å². The number of ether oxygens (including phenoxy) is 1. The average Bonchev–Trinajstić information content (AvgIpc) is 2.66. The second kappa shape index (κ2) is 6.37. The van der Waals surface area contributed by atoms with Crippen LogP contribution >= 0.6 is 15.9 Å². The van der Waals surface area contributed by atoms with Crippen LogP contribution in [0, 0.1) is 0 Å². The number of hydrogen-bond donors (Lipinski definition) is 1. The largest absolute Gasteiger partial charge is 0.379 e. The van der Waals surface area contributed by atoms with Crippen molar-refractivity contribution in [3.05, 3.63) is 16.4 Å². The van der Waals surface area contributed by atoms with Crippen molar-refractivity contribution in [3.8, 4) is 0 Å². The lowest BCUT2D eigenvalue weighted by Gasteiger charge is -2.23. The van der Waals surface area contributed by atoms with Crippen molar-refractivity contribution in [1.29, 1.82) is 0 Å². The third-order valence-electron chi connectivity index (χ3n) is 2.72. The predicted molar refractivity (Wildman–Crippen MR) is 68.2 cm³/mol. The van der Waals surface area contributed by atoms with Crippen LogP contribution in [0.5, 0.6) is 0 Å².